The fraction of sp³-hybridized carbons (Fsp3) is 0.611. The number of thiophene rings is 1. The van der Waals surface area contributed by atoms with Crippen LogP contribution in [0, 0.1) is 0 Å². The third-order valence-electron chi connectivity index (χ3n) is 4.05. The first-order chi connectivity index (χ1) is 13.9. The first-order valence-corrected chi connectivity index (χ1v) is 12.8. The molecule has 0 radical (unpaired) electrons. The normalized spacial score (nSPS) is 15.5. The molecule has 1 N–H and O–H groups in total. The number of nitrogens with one attached hydrogen (secondary N) is 1. The van der Waals surface area contributed by atoms with Crippen LogP contribution in [0.2, 0.25) is 0 Å². The lowest BCUT2D eigenvalue weighted by Gasteiger charge is -2.25. The lowest BCUT2D eigenvalue weighted by atomic mass is 10.1. The van der Waals surface area contributed by atoms with E-state index in [-0.39, 0.29) is 22.2 Å². The van der Waals surface area contributed by atoms with E-state index < -0.39 is 34.0 Å². The van der Waals surface area contributed by atoms with Crippen LogP contribution in [0.1, 0.15) is 30.4 Å². The highest BCUT2D eigenvalue weighted by atomic mass is 32.2. The molecule has 0 atom stereocenters. The van der Waals surface area contributed by atoms with E-state index in [0.29, 0.717) is 24.6 Å². The van der Waals surface area contributed by atoms with Crippen molar-refractivity contribution in [2.75, 3.05) is 44.8 Å². The van der Waals surface area contributed by atoms with Crippen LogP contribution in [0.25, 0.3) is 0 Å². The van der Waals surface area contributed by atoms with Gasteiger partial charge in [-0.1, -0.05) is 0 Å². The molecule has 2 heterocycles. The minimum Gasteiger partial charge on any atom is -0.451 e. The summed E-state index contributed by atoms with van der Waals surface area (Å²) in [6.07, 6.45) is 0. The maximum atomic E-state index is 12.9. The molecule has 9 nitrogen and oxygen atoms in total. The summed E-state index contributed by atoms with van der Waals surface area (Å²) in [5.41, 5.74) is -0.429. The van der Waals surface area contributed by atoms with Crippen LogP contribution in [-0.4, -0.2) is 85.7 Å². The lowest BCUT2D eigenvalue weighted by molar-refractivity contribution is -0.137. The minimum atomic E-state index is -3.80. The van der Waals surface area contributed by atoms with Gasteiger partial charge in [-0.05, 0) is 32.2 Å². The second-order valence-corrected chi connectivity index (χ2v) is 11.8. The van der Waals surface area contributed by atoms with Gasteiger partial charge in [0.2, 0.25) is 15.9 Å². The Hall–Kier alpha value is -1.63. The molecular weight excluding hydrogens is 450 g/mol. The third-order valence-corrected chi connectivity index (χ3v) is 7.96. The summed E-state index contributed by atoms with van der Waals surface area (Å²) < 4.78 is 32.1. The molecule has 1 fully saturated rings. The molecule has 0 aliphatic carbocycles. The highest BCUT2D eigenvalue weighted by molar-refractivity contribution is 7.99. The second kappa shape index (κ2) is 10.1. The van der Waals surface area contributed by atoms with E-state index in [0.717, 1.165) is 16.2 Å². The van der Waals surface area contributed by atoms with Gasteiger partial charge in [0.15, 0.2) is 6.61 Å². The van der Waals surface area contributed by atoms with Crippen molar-refractivity contribution in [3.63, 3.8) is 0 Å². The topological polar surface area (TPSA) is 113 Å². The molecule has 0 saturated carbocycles. The van der Waals surface area contributed by atoms with Crippen LogP contribution in [0.3, 0.4) is 0 Å². The van der Waals surface area contributed by atoms with Gasteiger partial charge in [-0.3, -0.25) is 9.59 Å². The minimum absolute atomic E-state index is 0.0610. The van der Waals surface area contributed by atoms with E-state index in [4.69, 9.17) is 4.74 Å². The van der Waals surface area contributed by atoms with Crippen LogP contribution in [-0.2, 0) is 24.3 Å². The summed E-state index contributed by atoms with van der Waals surface area (Å²) in [6.45, 7) is 5.47. The summed E-state index contributed by atoms with van der Waals surface area (Å²) >= 11 is 2.63. The van der Waals surface area contributed by atoms with Gasteiger partial charge in [0.25, 0.3) is 5.91 Å². The van der Waals surface area contributed by atoms with E-state index in [1.807, 2.05) is 20.8 Å². The van der Waals surface area contributed by atoms with E-state index >= 15 is 0 Å². The van der Waals surface area contributed by atoms with Crippen LogP contribution < -0.4 is 5.32 Å². The average molecular weight is 478 g/mol. The van der Waals surface area contributed by atoms with Gasteiger partial charge >= 0.3 is 5.97 Å². The fourth-order valence-corrected chi connectivity index (χ4v) is 6.50. The first-order valence-electron chi connectivity index (χ1n) is 9.29. The Kier molecular flexibility index (Phi) is 8.31. The molecule has 1 aromatic rings. The molecule has 1 saturated heterocycles. The van der Waals surface area contributed by atoms with Gasteiger partial charge in [-0.15, -0.1) is 11.3 Å². The number of sulfonamides is 1. The predicted octanol–water partition coefficient (Wildman–Crippen LogP) is 1.02. The zero-order valence-electron chi connectivity index (χ0n) is 17.5. The Labute approximate surface area is 185 Å². The van der Waals surface area contributed by atoms with E-state index in [1.165, 1.54) is 22.8 Å². The van der Waals surface area contributed by atoms with Crippen LogP contribution in [0.5, 0.6) is 0 Å². The molecular formula is C18H27N3O6S3. The highest BCUT2D eigenvalue weighted by Gasteiger charge is 2.32. The van der Waals surface area contributed by atoms with Crippen molar-refractivity contribution >= 4 is 50.9 Å². The van der Waals surface area contributed by atoms with Gasteiger partial charge in [0.1, 0.15) is 9.77 Å². The molecule has 1 aromatic heterocycles. The fourth-order valence-electron chi connectivity index (χ4n) is 2.64. The molecule has 0 aromatic carbocycles. The van der Waals surface area contributed by atoms with Gasteiger partial charge < -0.3 is 15.0 Å². The summed E-state index contributed by atoms with van der Waals surface area (Å²) in [5, 5.41) is 4.24. The number of hydrogen-bond donors (Lipinski definition) is 1. The number of carbonyl (C=O) groups is 3. The van der Waals surface area contributed by atoms with Crippen molar-refractivity contribution in [3.8, 4) is 0 Å². The lowest BCUT2D eigenvalue weighted by Crippen LogP contribution is -2.46. The number of rotatable bonds is 7. The van der Waals surface area contributed by atoms with Crippen LogP contribution in [0.4, 0.5) is 0 Å². The summed E-state index contributed by atoms with van der Waals surface area (Å²) in [7, 11) is -2.38. The average Bonchev–Trinajstić information content (AvgIpc) is 3.15. The standard InChI is InChI=1S/C18H27N3O6S3/c1-18(2,3)19-14(22)11-20(4)15(23)12-27-17(24)16-13(5-8-29-16)30(25,26)21-6-9-28-10-7-21/h5,8H,6-7,9-12H2,1-4H3,(H,19,22). The quantitative estimate of drug-likeness (QED) is 0.583. The number of likely N-dealkylation sites (N-methyl/N-ethyl adjacent to an activating group) is 1. The Morgan fingerprint density at radius 2 is 1.87 bits per heavy atom. The molecule has 0 bridgehead atoms. The molecule has 1 aliphatic heterocycles. The number of nitrogens with zero attached hydrogens (tertiary/aromatic N) is 2. The Bertz CT molecular complexity index is 885. The molecule has 12 heteroatoms. The number of amides is 2. The molecule has 168 valence electrons. The van der Waals surface area contributed by atoms with Gasteiger partial charge in [0, 0.05) is 37.2 Å². The summed E-state index contributed by atoms with van der Waals surface area (Å²) in [6, 6.07) is 1.38. The predicted molar refractivity (Wildman–Crippen MR) is 116 cm³/mol. The zero-order valence-corrected chi connectivity index (χ0v) is 19.9. The first kappa shape index (κ1) is 24.6. The van der Waals surface area contributed by atoms with Gasteiger partial charge in [0.05, 0.1) is 6.54 Å². The monoisotopic (exact) mass is 477 g/mol. The molecule has 2 rings (SSSR count). The van der Waals surface area contributed by atoms with Crippen molar-refractivity contribution in [2.45, 2.75) is 31.2 Å². The van der Waals surface area contributed by atoms with E-state index in [1.54, 1.807) is 11.8 Å². The molecule has 0 spiro atoms. The highest BCUT2D eigenvalue weighted by Crippen LogP contribution is 2.27. The molecule has 1 aliphatic rings. The molecule has 30 heavy (non-hydrogen) atoms. The van der Waals surface area contributed by atoms with Crippen molar-refractivity contribution in [1.29, 1.82) is 0 Å². The number of ether oxygens (including phenoxy) is 1. The van der Waals surface area contributed by atoms with Crippen LogP contribution in [0.15, 0.2) is 16.3 Å². The number of carbonyl (C=O) groups excluding carboxylic acids is 3. The second-order valence-electron chi connectivity index (χ2n) is 7.75. The maximum absolute atomic E-state index is 12.9. The van der Waals surface area contributed by atoms with Crippen molar-refractivity contribution in [1.82, 2.24) is 14.5 Å². The van der Waals surface area contributed by atoms with Gasteiger partial charge in [-0.25, -0.2) is 13.2 Å². The Morgan fingerprint density at radius 3 is 2.47 bits per heavy atom. The third kappa shape index (κ3) is 6.69. The molecule has 2 amide bonds. The Balaban J connectivity index is 1.97. The number of esters is 1. The largest absolute Gasteiger partial charge is 0.451 e. The van der Waals surface area contributed by atoms with Gasteiger partial charge in [-0.2, -0.15) is 16.1 Å². The van der Waals surface area contributed by atoms with Crippen molar-refractivity contribution in [3.05, 3.63) is 16.3 Å². The van der Waals surface area contributed by atoms with Crippen LogP contribution >= 0.6 is 23.1 Å². The summed E-state index contributed by atoms with van der Waals surface area (Å²) in [4.78, 5) is 37.5. The molecule has 0 unspecified atom stereocenters. The number of hydrogen-bond acceptors (Lipinski definition) is 8. The summed E-state index contributed by atoms with van der Waals surface area (Å²) in [5.74, 6) is -0.382. The van der Waals surface area contributed by atoms with Crippen molar-refractivity contribution < 1.29 is 27.5 Å². The number of thioether (sulfide) groups is 1. The zero-order chi connectivity index (χ0) is 22.5. The van der Waals surface area contributed by atoms with E-state index in [2.05, 4.69) is 5.32 Å². The maximum Gasteiger partial charge on any atom is 0.350 e. The SMILES string of the molecule is CN(CC(=O)NC(C)(C)C)C(=O)COC(=O)c1sccc1S(=O)(=O)N1CCSCC1. The smallest absolute Gasteiger partial charge is 0.350 e. The Morgan fingerprint density at radius 1 is 1.23 bits per heavy atom. The van der Waals surface area contributed by atoms with E-state index in [9.17, 15) is 22.8 Å². The van der Waals surface area contributed by atoms with Crippen molar-refractivity contribution in [2.24, 2.45) is 0 Å².